The predicted molar refractivity (Wildman–Crippen MR) is 57.2 cm³/mol. The Balaban J connectivity index is 2.23. The van der Waals surface area contributed by atoms with Gasteiger partial charge in [-0.1, -0.05) is 11.6 Å². The smallest absolute Gasteiger partial charge is 0.358 e. The van der Waals surface area contributed by atoms with E-state index in [0.717, 1.165) is 5.56 Å². The molecule has 0 N–H and O–H groups in total. The molecular weight excluding hydrogens is 232 g/mol. The minimum Gasteiger partial charge on any atom is -0.358 e. The van der Waals surface area contributed by atoms with Crippen LogP contribution in [0.3, 0.4) is 0 Å². The molecule has 0 saturated carbocycles. The first-order valence-corrected chi connectivity index (χ1v) is 4.81. The molecule has 0 bridgehead atoms. The average Bonchev–Trinajstić information content (AvgIpc) is 2.61. The highest BCUT2D eigenvalue weighted by Crippen LogP contribution is 2.21. The van der Waals surface area contributed by atoms with E-state index >= 15 is 0 Å². The van der Waals surface area contributed by atoms with E-state index in [0.29, 0.717) is 6.54 Å². The van der Waals surface area contributed by atoms with Gasteiger partial charge in [-0.15, -0.1) is 0 Å². The van der Waals surface area contributed by atoms with E-state index in [1.165, 1.54) is 10.9 Å². The number of nitro groups is 1. The van der Waals surface area contributed by atoms with Gasteiger partial charge in [0.15, 0.2) is 5.02 Å². The molecule has 82 valence electrons. The van der Waals surface area contributed by atoms with Crippen LogP contribution in [0.2, 0.25) is 5.02 Å². The maximum Gasteiger partial charge on any atom is 0.408 e. The fourth-order valence-corrected chi connectivity index (χ4v) is 1.49. The Morgan fingerprint density at radius 1 is 1.44 bits per heavy atom. The number of hydrogen-bond donors (Lipinski definition) is 0. The van der Waals surface area contributed by atoms with Crippen LogP contribution in [-0.4, -0.2) is 19.7 Å². The van der Waals surface area contributed by atoms with E-state index in [1.807, 2.05) is 0 Å². The summed E-state index contributed by atoms with van der Waals surface area (Å²) in [6, 6.07) is 3.61. The van der Waals surface area contributed by atoms with Gasteiger partial charge in [0.05, 0.1) is 17.8 Å². The largest absolute Gasteiger partial charge is 0.408 e. The second-order valence-corrected chi connectivity index (χ2v) is 3.52. The summed E-state index contributed by atoms with van der Waals surface area (Å²) in [5.41, 5.74) is 0.948. The predicted octanol–water partition coefficient (Wildman–Crippen LogP) is 1.89. The molecule has 0 unspecified atom stereocenters. The molecule has 0 aromatic carbocycles. The van der Waals surface area contributed by atoms with Crippen molar-refractivity contribution in [2.75, 3.05) is 0 Å². The van der Waals surface area contributed by atoms with Crippen molar-refractivity contribution >= 4 is 17.4 Å². The molecule has 0 saturated heterocycles. The Labute approximate surface area is 95.6 Å². The molecule has 2 rings (SSSR count). The summed E-state index contributed by atoms with van der Waals surface area (Å²) < 4.78 is 1.43. The number of nitrogens with zero attached hydrogens (tertiary/aromatic N) is 4. The molecule has 2 heterocycles. The van der Waals surface area contributed by atoms with E-state index < -0.39 is 4.92 Å². The van der Waals surface area contributed by atoms with Gasteiger partial charge < -0.3 is 10.1 Å². The zero-order valence-corrected chi connectivity index (χ0v) is 8.83. The summed E-state index contributed by atoms with van der Waals surface area (Å²) in [6.45, 7) is 0.427. The first-order chi connectivity index (χ1) is 7.66. The van der Waals surface area contributed by atoms with Gasteiger partial charge >= 0.3 is 5.82 Å². The van der Waals surface area contributed by atoms with Crippen LogP contribution in [0.5, 0.6) is 0 Å². The molecule has 2 aromatic rings. The van der Waals surface area contributed by atoms with Gasteiger partial charge in [0.1, 0.15) is 0 Å². The van der Waals surface area contributed by atoms with Crippen molar-refractivity contribution < 1.29 is 4.92 Å². The number of pyridine rings is 1. The summed E-state index contributed by atoms with van der Waals surface area (Å²) in [5.74, 6) is -0.323. The molecule has 0 spiro atoms. The highest BCUT2D eigenvalue weighted by molar-refractivity contribution is 6.32. The monoisotopic (exact) mass is 238 g/mol. The molecule has 0 fully saturated rings. The molecule has 0 aliphatic rings. The van der Waals surface area contributed by atoms with Crippen LogP contribution in [0.4, 0.5) is 5.82 Å². The quantitative estimate of drug-likeness (QED) is 0.605. The molecular formula is C9H7ClN4O2. The molecule has 7 heteroatoms. The lowest BCUT2D eigenvalue weighted by Gasteiger charge is -1.95. The highest BCUT2D eigenvalue weighted by atomic mass is 35.5. The second-order valence-electron chi connectivity index (χ2n) is 3.11. The third-order valence-electron chi connectivity index (χ3n) is 1.97. The summed E-state index contributed by atoms with van der Waals surface area (Å²) >= 11 is 5.67. The van der Waals surface area contributed by atoms with Gasteiger partial charge in [0, 0.05) is 12.4 Å². The summed E-state index contributed by atoms with van der Waals surface area (Å²) in [6.07, 6.45) is 4.73. The molecule has 2 aromatic heterocycles. The number of halogens is 1. The minimum atomic E-state index is -0.606. The third-order valence-corrected chi connectivity index (χ3v) is 2.23. The van der Waals surface area contributed by atoms with Crippen LogP contribution in [0.1, 0.15) is 5.56 Å². The van der Waals surface area contributed by atoms with E-state index in [9.17, 15) is 10.1 Å². The summed E-state index contributed by atoms with van der Waals surface area (Å²) in [4.78, 5) is 13.8. The van der Waals surface area contributed by atoms with Gasteiger partial charge in [-0.05, 0) is 22.6 Å². The van der Waals surface area contributed by atoms with E-state index in [-0.39, 0.29) is 10.8 Å². The Morgan fingerprint density at radius 3 is 2.69 bits per heavy atom. The van der Waals surface area contributed by atoms with Crippen LogP contribution < -0.4 is 0 Å². The number of aromatic nitrogens is 3. The van der Waals surface area contributed by atoms with Crippen molar-refractivity contribution in [1.29, 1.82) is 0 Å². The van der Waals surface area contributed by atoms with Crippen molar-refractivity contribution in [3.8, 4) is 0 Å². The first kappa shape index (κ1) is 10.6. The summed E-state index contributed by atoms with van der Waals surface area (Å²) in [5, 5.41) is 14.3. The lowest BCUT2D eigenvalue weighted by atomic mass is 10.3. The number of rotatable bonds is 3. The molecule has 6 nitrogen and oxygen atoms in total. The van der Waals surface area contributed by atoms with Gasteiger partial charge in [-0.2, -0.15) is 4.68 Å². The van der Waals surface area contributed by atoms with Crippen LogP contribution in [0.25, 0.3) is 0 Å². The molecule has 0 amide bonds. The maximum atomic E-state index is 10.5. The van der Waals surface area contributed by atoms with E-state index in [4.69, 9.17) is 11.6 Å². The van der Waals surface area contributed by atoms with Crippen LogP contribution in [-0.2, 0) is 6.54 Å². The first-order valence-electron chi connectivity index (χ1n) is 4.43. The van der Waals surface area contributed by atoms with Crippen molar-refractivity contribution in [3.63, 3.8) is 0 Å². The molecule has 0 aliphatic carbocycles. The van der Waals surface area contributed by atoms with Crippen molar-refractivity contribution in [2.24, 2.45) is 0 Å². The van der Waals surface area contributed by atoms with Crippen molar-refractivity contribution in [2.45, 2.75) is 6.54 Å². The SMILES string of the molecule is O=[N+]([O-])c1nn(Cc2ccncc2)cc1Cl. The van der Waals surface area contributed by atoms with E-state index in [2.05, 4.69) is 10.1 Å². The lowest BCUT2D eigenvalue weighted by molar-refractivity contribution is -0.389. The summed E-state index contributed by atoms with van der Waals surface area (Å²) in [7, 11) is 0. The number of hydrogen-bond acceptors (Lipinski definition) is 4. The van der Waals surface area contributed by atoms with Crippen molar-refractivity contribution in [1.82, 2.24) is 14.8 Å². The third kappa shape index (κ3) is 2.17. The fraction of sp³-hybridized carbons (Fsp3) is 0.111. The Kier molecular flexibility index (Phi) is 2.82. The Morgan fingerprint density at radius 2 is 2.12 bits per heavy atom. The van der Waals surface area contributed by atoms with Crippen LogP contribution >= 0.6 is 11.6 Å². The second kappa shape index (κ2) is 4.28. The normalized spacial score (nSPS) is 10.3. The van der Waals surface area contributed by atoms with Gasteiger partial charge in [0.25, 0.3) is 0 Å². The van der Waals surface area contributed by atoms with Crippen LogP contribution in [0.15, 0.2) is 30.7 Å². The Hall–Kier alpha value is -1.95. The lowest BCUT2D eigenvalue weighted by Crippen LogP contribution is -2.01. The molecule has 0 atom stereocenters. The zero-order chi connectivity index (χ0) is 11.5. The molecule has 0 aliphatic heterocycles. The molecule has 0 radical (unpaired) electrons. The van der Waals surface area contributed by atoms with Crippen molar-refractivity contribution in [3.05, 3.63) is 51.4 Å². The minimum absolute atomic E-state index is 0.0408. The standard InChI is InChI=1S/C9H7ClN4O2/c10-8-6-13(12-9(8)14(15)16)5-7-1-3-11-4-2-7/h1-4,6H,5H2. The van der Waals surface area contributed by atoms with Crippen LogP contribution in [0, 0.1) is 10.1 Å². The maximum absolute atomic E-state index is 10.5. The van der Waals surface area contributed by atoms with Gasteiger partial charge in [-0.25, -0.2) is 0 Å². The zero-order valence-electron chi connectivity index (χ0n) is 8.08. The average molecular weight is 239 g/mol. The fourth-order valence-electron chi connectivity index (χ4n) is 1.27. The van der Waals surface area contributed by atoms with E-state index in [1.54, 1.807) is 24.5 Å². The highest BCUT2D eigenvalue weighted by Gasteiger charge is 2.18. The molecule has 16 heavy (non-hydrogen) atoms. The van der Waals surface area contributed by atoms with Gasteiger partial charge in [-0.3, -0.25) is 4.98 Å². The topological polar surface area (TPSA) is 73.8 Å². The van der Waals surface area contributed by atoms with Gasteiger partial charge in [0.2, 0.25) is 0 Å². The Bertz CT molecular complexity index is 511.